The van der Waals surface area contributed by atoms with Crippen LogP contribution >= 0.6 is 0 Å². The molecule has 1 saturated heterocycles. The third kappa shape index (κ3) is 2.35. The number of carbonyl (C=O) groups is 3. The number of hydrogen-bond donors (Lipinski definition) is 2. The van der Waals surface area contributed by atoms with Crippen molar-refractivity contribution in [2.75, 3.05) is 0 Å². The van der Waals surface area contributed by atoms with Crippen LogP contribution in [0.2, 0.25) is 0 Å². The highest BCUT2D eigenvalue weighted by Crippen LogP contribution is 2.40. The minimum atomic E-state index is -0.674. The fourth-order valence-electron chi connectivity index (χ4n) is 2.13. The third-order valence-corrected chi connectivity index (χ3v) is 3.35. The largest absolute Gasteiger partial charge is 0.364 e. The molecule has 0 radical (unpaired) electrons. The van der Waals surface area contributed by atoms with Gasteiger partial charge in [-0.2, -0.15) is 0 Å². The summed E-state index contributed by atoms with van der Waals surface area (Å²) in [5.41, 5.74) is 1.04. The number of amides is 3. The molecule has 100 valence electrons. The fourth-order valence-corrected chi connectivity index (χ4v) is 2.13. The Hall–Kier alpha value is -2.18. The Labute approximate surface area is 108 Å². The van der Waals surface area contributed by atoms with Crippen LogP contribution in [0.15, 0.2) is 10.8 Å². The Morgan fingerprint density at radius 1 is 1.37 bits per heavy atom. The summed E-state index contributed by atoms with van der Waals surface area (Å²) < 4.78 is 4.84. The van der Waals surface area contributed by atoms with Crippen LogP contribution in [0, 0.1) is 0 Å². The minimum Gasteiger partial charge on any atom is -0.364 e. The summed E-state index contributed by atoms with van der Waals surface area (Å²) in [5.74, 6) is -0.855. The number of rotatable bonds is 3. The van der Waals surface area contributed by atoms with E-state index in [1.807, 2.05) is 0 Å². The van der Waals surface area contributed by atoms with E-state index in [1.165, 1.54) is 6.26 Å². The van der Waals surface area contributed by atoms with Crippen LogP contribution in [0.3, 0.4) is 0 Å². The molecule has 1 saturated carbocycles. The second-order valence-electron chi connectivity index (χ2n) is 4.86. The monoisotopic (exact) mass is 263 g/mol. The van der Waals surface area contributed by atoms with Gasteiger partial charge in [0.25, 0.3) is 5.91 Å². The van der Waals surface area contributed by atoms with Gasteiger partial charge >= 0.3 is 0 Å². The highest BCUT2D eigenvalue weighted by Gasteiger charge is 2.34. The normalized spacial score (nSPS) is 23.1. The molecule has 1 atom stereocenters. The molecule has 0 spiro atoms. The fraction of sp³-hybridized carbons (Fsp3) is 0.500. The van der Waals surface area contributed by atoms with Gasteiger partial charge in [0.1, 0.15) is 17.9 Å². The van der Waals surface area contributed by atoms with E-state index >= 15 is 0 Å². The maximum atomic E-state index is 12.1. The highest BCUT2D eigenvalue weighted by molar-refractivity contribution is 6.04. The lowest BCUT2D eigenvalue weighted by Gasteiger charge is -2.21. The zero-order valence-electron chi connectivity index (χ0n) is 10.1. The van der Waals surface area contributed by atoms with Gasteiger partial charge in [0.2, 0.25) is 11.8 Å². The Kier molecular flexibility index (Phi) is 2.81. The lowest BCUT2D eigenvalue weighted by atomic mass is 10.1. The quantitative estimate of drug-likeness (QED) is 0.752. The molecule has 0 bridgehead atoms. The second-order valence-corrected chi connectivity index (χ2v) is 4.86. The summed E-state index contributed by atoms with van der Waals surface area (Å²) in [6.07, 6.45) is 3.86. The third-order valence-electron chi connectivity index (χ3n) is 3.35. The summed E-state index contributed by atoms with van der Waals surface area (Å²) in [5, 5.41) is 8.64. The van der Waals surface area contributed by atoms with Gasteiger partial charge in [0, 0.05) is 12.3 Å². The Morgan fingerprint density at radius 3 is 2.84 bits per heavy atom. The van der Waals surface area contributed by atoms with Gasteiger partial charge in [0.15, 0.2) is 0 Å². The number of imide groups is 1. The van der Waals surface area contributed by atoms with Gasteiger partial charge in [-0.15, -0.1) is 0 Å². The van der Waals surface area contributed by atoms with Crippen molar-refractivity contribution in [3.8, 4) is 0 Å². The van der Waals surface area contributed by atoms with Crippen LogP contribution in [0.4, 0.5) is 0 Å². The van der Waals surface area contributed by atoms with Crippen LogP contribution in [-0.2, 0) is 9.59 Å². The van der Waals surface area contributed by atoms with Gasteiger partial charge in [-0.05, 0) is 19.3 Å². The summed E-state index contributed by atoms with van der Waals surface area (Å²) in [6.45, 7) is 0. The van der Waals surface area contributed by atoms with Crippen LogP contribution < -0.4 is 10.6 Å². The SMILES string of the molecule is O=C1CCC(NC(=O)c2conc2C2CC2)C(=O)N1. The topological polar surface area (TPSA) is 101 Å². The molecule has 1 aliphatic heterocycles. The number of carbonyl (C=O) groups excluding carboxylic acids is 3. The molecule has 3 amide bonds. The molecule has 2 aliphatic rings. The van der Waals surface area contributed by atoms with Crippen molar-refractivity contribution in [1.29, 1.82) is 0 Å². The first kappa shape index (κ1) is 11.9. The van der Waals surface area contributed by atoms with E-state index in [-0.39, 0.29) is 18.2 Å². The zero-order chi connectivity index (χ0) is 13.4. The van der Waals surface area contributed by atoms with E-state index in [4.69, 9.17) is 4.52 Å². The van der Waals surface area contributed by atoms with E-state index < -0.39 is 11.9 Å². The van der Waals surface area contributed by atoms with Crippen LogP contribution in [0.1, 0.15) is 47.7 Å². The molecule has 1 aliphatic carbocycles. The minimum absolute atomic E-state index is 0.232. The molecule has 0 aromatic carbocycles. The average molecular weight is 263 g/mol. The zero-order valence-corrected chi connectivity index (χ0v) is 10.1. The van der Waals surface area contributed by atoms with Gasteiger partial charge in [0.05, 0.1) is 5.69 Å². The van der Waals surface area contributed by atoms with Crippen LogP contribution in [0.25, 0.3) is 0 Å². The molecular formula is C12H13N3O4. The van der Waals surface area contributed by atoms with E-state index in [9.17, 15) is 14.4 Å². The summed E-state index contributed by atoms with van der Waals surface area (Å²) in [6, 6.07) is -0.674. The van der Waals surface area contributed by atoms with Crippen molar-refractivity contribution < 1.29 is 18.9 Å². The van der Waals surface area contributed by atoms with E-state index in [1.54, 1.807) is 0 Å². The molecule has 7 heteroatoms. The second kappa shape index (κ2) is 4.49. The van der Waals surface area contributed by atoms with Gasteiger partial charge in [-0.25, -0.2) is 0 Å². The predicted molar refractivity (Wildman–Crippen MR) is 62.1 cm³/mol. The van der Waals surface area contributed by atoms with Crippen LogP contribution in [-0.4, -0.2) is 28.9 Å². The van der Waals surface area contributed by atoms with Gasteiger partial charge in [-0.1, -0.05) is 5.16 Å². The number of piperidine rings is 1. The molecule has 3 rings (SSSR count). The summed E-state index contributed by atoms with van der Waals surface area (Å²) in [4.78, 5) is 34.6. The lowest BCUT2D eigenvalue weighted by molar-refractivity contribution is -0.134. The van der Waals surface area contributed by atoms with Crippen molar-refractivity contribution in [2.45, 2.75) is 37.6 Å². The van der Waals surface area contributed by atoms with E-state index in [0.29, 0.717) is 23.6 Å². The van der Waals surface area contributed by atoms with Crippen molar-refractivity contribution in [3.05, 3.63) is 17.5 Å². The summed E-state index contributed by atoms with van der Waals surface area (Å²) in [7, 11) is 0. The lowest BCUT2D eigenvalue weighted by Crippen LogP contribution is -2.52. The summed E-state index contributed by atoms with van der Waals surface area (Å²) >= 11 is 0. The van der Waals surface area contributed by atoms with Crippen molar-refractivity contribution in [3.63, 3.8) is 0 Å². The first-order valence-electron chi connectivity index (χ1n) is 6.24. The average Bonchev–Trinajstić information content (AvgIpc) is 3.10. The van der Waals surface area contributed by atoms with E-state index in [2.05, 4.69) is 15.8 Å². The van der Waals surface area contributed by atoms with Gasteiger partial charge in [-0.3, -0.25) is 19.7 Å². The molecule has 1 unspecified atom stereocenters. The van der Waals surface area contributed by atoms with E-state index in [0.717, 1.165) is 12.8 Å². The highest BCUT2D eigenvalue weighted by atomic mass is 16.5. The molecule has 1 aromatic heterocycles. The molecule has 19 heavy (non-hydrogen) atoms. The van der Waals surface area contributed by atoms with Crippen molar-refractivity contribution in [1.82, 2.24) is 15.8 Å². The predicted octanol–water partition coefficient (Wildman–Crippen LogP) is 0.0870. The molecule has 2 fully saturated rings. The number of aromatic nitrogens is 1. The van der Waals surface area contributed by atoms with Crippen LogP contribution in [0.5, 0.6) is 0 Å². The number of nitrogens with one attached hydrogen (secondary N) is 2. The number of hydrogen-bond acceptors (Lipinski definition) is 5. The first-order chi connectivity index (χ1) is 9.15. The molecule has 1 aromatic rings. The molecule has 2 N–H and O–H groups in total. The van der Waals surface area contributed by atoms with Crippen molar-refractivity contribution >= 4 is 17.7 Å². The Balaban J connectivity index is 1.69. The first-order valence-corrected chi connectivity index (χ1v) is 6.24. The smallest absolute Gasteiger partial charge is 0.257 e. The van der Waals surface area contributed by atoms with Gasteiger partial charge < -0.3 is 9.84 Å². The Bertz CT molecular complexity index is 547. The molecular weight excluding hydrogens is 250 g/mol. The number of nitrogens with zero attached hydrogens (tertiary/aromatic N) is 1. The maximum Gasteiger partial charge on any atom is 0.257 e. The molecule has 7 nitrogen and oxygen atoms in total. The standard InChI is InChI=1S/C12H13N3O4/c16-9-4-3-8(12(18)14-9)13-11(17)7-5-19-15-10(7)6-1-2-6/h5-6,8H,1-4H2,(H,13,17)(H,14,16,18). The maximum absolute atomic E-state index is 12.1. The Morgan fingerprint density at radius 2 is 2.16 bits per heavy atom. The molecule has 2 heterocycles. The van der Waals surface area contributed by atoms with Crippen molar-refractivity contribution in [2.24, 2.45) is 0 Å².